The van der Waals surface area contributed by atoms with E-state index in [1.165, 1.54) is 55.6 Å². The van der Waals surface area contributed by atoms with Crippen molar-refractivity contribution in [1.82, 2.24) is 0 Å². The lowest BCUT2D eigenvalue weighted by Gasteiger charge is -2.38. The molecule has 0 atom stereocenters. The van der Waals surface area contributed by atoms with Gasteiger partial charge in [0.05, 0.1) is 5.41 Å². The van der Waals surface area contributed by atoms with Gasteiger partial charge in [0, 0.05) is 28.1 Å². The first-order valence-electron chi connectivity index (χ1n) is 19.2. The van der Waals surface area contributed by atoms with Crippen molar-refractivity contribution < 1.29 is 0 Å². The Balaban J connectivity index is 1.32. The summed E-state index contributed by atoms with van der Waals surface area (Å²) in [4.78, 5) is 2.45. The van der Waals surface area contributed by atoms with E-state index in [1.807, 2.05) is 25.2 Å². The average Bonchev–Trinajstić information content (AvgIpc) is 3.67. The van der Waals surface area contributed by atoms with Gasteiger partial charge in [0.2, 0.25) is 0 Å². The zero-order valence-corrected chi connectivity index (χ0v) is 31.7. The molecule has 55 heavy (non-hydrogen) atoms. The lowest BCUT2D eigenvalue weighted by atomic mass is 9.66. The van der Waals surface area contributed by atoms with E-state index in [2.05, 4.69) is 182 Å². The molecule has 1 heteroatoms. The minimum atomic E-state index is -0.572. The van der Waals surface area contributed by atoms with Gasteiger partial charge in [0.1, 0.15) is 0 Å². The Morgan fingerprint density at radius 1 is 0.673 bits per heavy atom. The molecule has 1 nitrogen and oxygen atoms in total. The summed E-state index contributed by atoms with van der Waals surface area (Å²) in [5.74, 6) is 2.89. The Morgan fingerprint density at radius 3 is 1.95 bits per heavy atom. The highest BCUT2D eigenvalue weighted by Gasteiger charge is 2.47. The Hall–Kier alpha value is -6.62. The van der Waals surface area contributed by atoms with E-state index in [4.69, 9.17) is 13.0 Å². The molecule has 0 heterocycles. The van der Waals surface area contributed by atoms with Gasteiger partial charge in [0.15, 0.2) is 0 Å². The van der Waals surface area contributed by atoms with E-state index in [-0.39, 0.29) is 5.41 Å². The van der Waals surface area contributed by atoms with E-state index in [0.29, 0.717) is 0 Å². The minimum absolute atomic E-state index is 0.145. The molecule has 0 saturated carbocycles. The smallest absolute Gasteiger partial charge is 0.0711 e. The summed E-state index contributed by atoms with van der Waals surface area (Å²) < 4.78 is 0. The van der Waals surface area contributed by atoms with Crippen LogP contribution in [0.25, 0.3) is 27.8 Å². The molecule has 3 aliphatic carbocycles. The summed E-state index contributed by atoms with van der Waals surface area (Å²) in [6.45, 7) is 11.6. The van der Waals surface area contributed by atoms with Crippen molar-refractivity contribution in [2.24, 2.45) is 0 Å². The lowest BCUT2D eigenvalue weighted by molar-refractivity contribution is 0.660. The highest BCUT2D eigenvalue weighted by molar-refractivity contribution is 5.91. The Kier molecular flexibility index (Phi) is 8.29. The standard InChI is InChI=1S/C54H43N/c1-6-8-20-38(7-2)39-30-32-40(33-31-39)55(41-34-35-45-42-21-12-15-25-47(42)53(4,5)51(45)36-41)52-29-18-28-50-46(52)24-11-9-10-19-37(3)54(50)48-26-16-13-22-43(48)44-23-14-17-27-49(44)54/h2,6,8-23,25-36H,3,24H2,1,4-5H3/b8-6-,11-9-,19-10-,38-20+. The zero-order chi connectivity index (χ0) is 37.7. The van der Waals surface area contributed by atoms with Crippen LogP contribution in [0, 0.1) is 12.3 Å². The fourth-order valence-corrected chi connectivity index (χ4v) is 9.42. The SMILES string of the molecule is C#C/C(=C\C=C/C)c1ccc(N(c2ccc3c(c2)C(C)(C)c2ccccc2-3)c2cccc3c2C/C=C\C=C/C(=C)C32c3ccccc3-c3ccccc32)cc1. The molecule has 0 N–H and O–H groups in total. The molecule has 0 bridgehead atoms. The van der Waals surface area contributed by atoms with Crippen LogP contribution in [0.3, 0.4) is 0 Å². The molecule has 0 unspecified atom stereocenters. The first-order valence-corrected chi connectivity index (χ1v) is 19.2. The van der Waals surface area contributed by atoms with Crippen LogP contribution in [0.15, 0.2) is 188 Å². The topological polar surface area (TPSA) is 3.24 Å². The molecule has 0 radical (unpaired) electrons. The third-order valence-corrected chi connectivity index (χ3v) is 12.0. The number of rotatable bonds is 5. The van der Waals surface area contributed by atoms with E-state index >= 15 is 0 Å². The summed E-state index contributed by atoms with van der Waals surface area (Å²) in [6.07, 6.45) is 21.6. The van der Waals surface area contributed by atoms with E-state index < -0.39 is 5.41 Å². The molecule has 9 rings (SSSR count). The van der Waals surface area contributed by atoms with Crippen LogP contribution in [-0.4, -0.2) is 0 Å². The molecular formula is C54H43N. The van der Waals surface area contributed by atoms with Crippen molar-refractivity contribution in [1.29, 1.82) is 0 Å². The summed E-state index contributed by atoms with van der Waals surface area (Å²) in [5, 5.41) is 0. The largest absolute Gasteiger partial charge is 0.310 e. The van der Waals surface area contributed by atoms with Crippen molar-refractivity contribution in [3.63, 3.8) is 0 Å². The van der Waals surface area contributed by atoms with Crippen LogP contribution >= 0.6 is 0 Å². The van der Waals surface area contributed by atoms with Crippen LogP contribution in [0.2, 0.25) is 0 Å². The molecule has 0 saturated heterocycles. The summed E-state index contributed by atoms with van der Waals surface area (Å²) in [7, 11) is 0. The van der Waals surface area contributed by atoms with Crippen molar-refractivity contribution >= 4 is 22.6 Å². The Labute approximate surface area is 326 Å². The summed E-state index contributed by atoms with van der Waals surface area (Å²) >= 11 is 0. The normalized spacial score (nSPS) is 16.8. The molecule has 6 aromatic rings. The summed E-state index contributed by atoms with van der Waals surface area (Å²) in [5.41, 5.74) is 18.4. The number of hydrogen-bond acceptors (Lipinski definition) is 1. The van der Waals surface area contributed by atoms with Gasteiger partial charge in [-0.3, -0.25) is 0 Å². The maximum atomic E-state index is 6.01. The fraction of sp³-hybridized carbons (Fsp3) is 0.111. The first-order chi connectivity index (χ1) is 26.9. The number of fused-ring (bicyclic) bond motifs is 10. The number of nitrogens with zero attached hydrogens (tertiary/aromatic N) is 1. The van der Waals surface area contributed by atoms with E-state index in [0.717, 1.165) is 40.2 Å². The third kappa shape index (κ3) is 5.17. The van der Waals surface area contributed by atoms with Crippen LogP contribution in [0.4, 0.5) is 17.1 Å². The molecule has 3 aliphatic rings. The first kappa shape index (κ1) is 34.2. The molecule has 0 aromatic heterocycles. The molecular weight excluding hydrogens is 663 g/mol. The van der Waals surface area contributed by atoms with Gasteiger partial charge in [-0.15, -0.1) is 6.42 Å². The third-order valence-electron chi connectivity index (χ3n) is 12.0. The average molecular weight is 706 g/mol. The van der Waals surface area contributed by atoms with Gasteiger partial charge in [-0.2, -0.15) is 0 Å². The van der Waals surface area contributed by atoms with Gasteiger partial charge in [0.25, 0.3) is 0 Å². The number of terminal acetylenes is 1. The number of allylic oxidation sites excluding steroid dienone is 9. The van der Waals surface area contributed by atoms with Crippen LogP contribution in [0.1, 0.15) is 59.7 Å². The number of anilines is 3. The molecule has 0 aliphatic heterocycles. The van der Waals surface area contributed by atoms with Gasteiger partial charge >= 0.3 is 0 Å². The van der Waals surface area contributed by atoms with Gasteiger partial charge in [-0.25, -0.2) is 0 Å². The summed E-state index contributed by atoms with van der Waals surface area (Å²) in [6, 6.07) is 49.3. The monoisotopic (exact) mass is 705 g/mol. The highest BCUT2D eigenvalue weighted by Crippen LogP contribution is 2.58. The van der Waals surface area contributed by atoms with Gasteiger partial charge < -0.3 is 4.90 Å². The Bertz CT molecular complexity index is 2640. The fourth-order valence-electron chi connectivity index (χ4n) is 9.42. The molecule has 1 spiro atoms. The minimum Gasteiger partial charge on any atom is -0.310 e. The lowest BCUT2D eigenvalue weighted by Crippen LogP contribution is -2.30. The number of hydrogen-bond donors (Lipinski definition) is 0. The van der Waals surface area contributed by atoms with Crippen molar-refractivity contribution in [2.75, 3.05) is 4.90 Å². The predicted octanol–water partition coefficient (Wildman–Crippen LogP) is 13.6. The zero-order valence-electron chi connectivity index (χ0n) is 31.7. The predicted molar refractivity (Wildman–Crippen MR) is 233 cm³/mol. The van der Waals surface area contributed by atoms with Crippen molar-refractivity contribution in [3.05, 3.63) is 227 Å². The van der Waals surface area contributed by atoms with E-state index in [9.17, 15) is 0 Å². The second kappa shape index (κ2) is 13.3. The van der Waals surface area contributed by atoms with Crippen molar-refractivity contribution in [3.8, 4) is 34.6 Å². The second-order valence-corrected chi connectivity index (χ2v) is 15.2. The highest BCUT2D eigenvalue weighted by atomic mass is 15.1. The van der Waals surface area contributed by atoms with Gasteiger partial charge in [-0.05, 0) is 117 Å². The quantitative estimate of drug-likeness (QED) is 0.127. The molecule has 6 aromatic carbocycles. The number of benzene rings is 6. The van der Waals surface area contributed by atoms with Gasteiger partial charge in [-0.1, -0.05) is 166 Å². The van der Waals surface area contributed by atoms with Crippen LogP contribution in [0.5, 0.6) is 0 Å². The van der Waals surface area contributed by atoms with Crippen LogP contribution < -0.4 is 4.90 Å². The van der Waals surface area contributed by atoms with Crippen LogP contribution in [-0.2, 0) is 17.3 Å². The molecule has 0 amide bonds. The molecule has 0 fully saturated rings. The Morgan fingerprint density at radius 2 is 1.27 bits per heavy atom. The van der Waals surface area contributed by atoms with Crippen molar-refractivity contribution in [2.45, 2.75) is 38.0 Å². The second-order valence-electron chi connectivity index (χ2n) is 15.2. The molecule has 264 valence electrons. The maximum Gasteiger partial charge on any atom is 0.0711 e. The van der Waals surface area contributed by atoms with E-state index in [1.54, 1.807) is 0 Å². The maximum absolute atomic E-state index is 6.01.